The van der Waals surface area contributed by atoms with E-state index in [1.807, 2.05) is 0 Å². The molecular formula is H8AlInMgZn. The second kappa shape index (κ2) is 17.1. The molecule has 0 rings (SSSR count). The van der Waals surface area contributed by atoms with Crippen LogP contribution in [0.15, 0.2) is 0 Å². The third-order valence-electron chi connectivity index (χ3n) is 0. The molecule has 4 heteroatoms. The minimum atomic E-state index is 0. The number of rotatable bonds is 0. The summed E-state index contributed by atoms with van der Waals surface area (Å²) in [5, 5.41) is 0. The van der Waals surface area contributed by atoms with Gasteiger partial charge in [0.25, 0.3) is 0 Å². The van der Waals surface area contributed by atoms with Gasteiger partial charge in [-0.1, -0.05) is 0 Å². The van der Waals surface area contributed by atoms with Crippen LogP contribution in [0.25, 0.3) is 0 Å². The Labute approximate surface area is 84.3 Å². The Morgan fingerprint density at radius 3 is 1.00 bits per heavy atom. The average molecular weight is 240 g/mol. The average Bonchev–Trinajstić information content (AvgIpc) is 0. The van der Waals surface area contributed by atoms with Crippen LogP contribution in [-0.4, -0.2) is 66.3 Å². The van der Waals surface area contributed by atoms with Gasteiger partial charge < -0.3 is 0 Å². The third kappa shape index (κ3) is 8.84. The van der Waals surface area contributed by atoms with Gasteiger partial charge in [-0.25, -0.2) is 0 Å². The van der Waals surface area contributed by atoms with Crippen LogP contribution in [0.5, 0.6) is 0 Å². The molecule has 0 heterocycles. The van der Waals surface area contributed by atoms with E-state index < -0.39 is 0 Å². The fourth-order valence-electron chi connectivity index (χ4n) is 0. The predicted molar refractivity (Wildman–Crippen MR) is 28.4 cm³/mol. The van der Waals surface area contributed by atoms with Gasteiger partial charge in [-0.05, 0) is 0 Å². The number of hydrogen-bond donors (Lipinski definition) is 0. The molecule has 4 heavy (non-hydrogen) atoms. The van der Waals surface area contributed by atoms with Crippen LogP contribution in [0, 0.1) is 0 Å². The zero-order valence-corrected chi connectivity index (χ0v) is 3.67. The van der Waals surface area contributed by atoms with Gasteiger partial charge in [-0.15, -0.1) is 0 Å². The van der Waals surface area contributed by atoms with E-state index in [2.05, 4.69) is 0 Å². The van der Waals surface area contributed by atoms with E-state index in [0.717, 1.165) is 0 Å². The van der Waals surface area contributed by atoms with Gasteiger partial charge >= 0.3 is 48.9 Å². The van der Waals surface area contributed by atoms with Crippen molar-refractivity contribution in [3.05, 3.63) is 0 Å². The van der Waals surface area contributed by atoms with Crippen LogP contribution in [0.4, 0.5) is 0 Å². The molecule has 18 valence electrons. The molecule has 0 saturated carbocycles. The van der Waals surface area contributed by atoms with Crippen molar-refractivity contribution < 1.29 is 19.5 Å². The first-order valence-electron chi connectivity index (χ1n) is 0. The summed E-state index contributed by atoms with van der Waals surface area (Å²) in [5.41, 5.74) is 0. The molecule has 0 aliphatic rings. The molecule has 0 atom stereocenters. The molecule has 0 aromatic heterocycles. The van der Waals surface area contributed by atoms with Gasteiger partial charge in [0.2, 0.25) is 0 Å². The maximum atomic E-state index is 0. The summed E-state index contributed by atoms with van der Waals surface area (Å²) < 4.78 is 0. The molecular weight excluding hydrogens is 231 g/mol. The van der Waals surface area contributed by atoms with Crippen molar-refractivity contribution in [2.45, 2.75) is 0 Å². The Kier molecular flexibility index (Phi) is 125. The van der Waals surface area contributed by atoms with Crippen LogP contribution < -0.4 is 0 Å². The first-order chi connectivity index (χ1) is 0. The van der Waals surface area contributed by atoms with E-state index >= 15 is 0 Å². The standard InChI is InChI=1S/Al.In.Mg.Zn.8H. The van der Waals surface area contributed by atoms with Crippen LogP contribution in [0.1, 0.15) is 0 Å². The molecule has 0 nitrogen and oxygen atoms in total. The molecule has 0 saturated heterocycles. The zero-order chi connectivity index (χ0) is 0. The fraction of sp³-hybridized carbons (Fsp3) is 0. The zero-order valence-electron chi connectivity index (χ0n) is 0.707. The maximum Gasteiger partial charge on any atom is 0.316 e. The normalized spacial score (nSPS) is 0. The van der Waals surface area contributed by atoms with E-state index in [-0.39, 0.29) is 85.7 Å². The van der Waals surface area contributed by atoms with Gasteiger partial charge in [0.05, 0.1) is 0 Å². The largest absolute Gasteiger partial charge is 0.316 e. The summed E-state index contributed by atoms with van der Waals surface area (Å²) in [6, 6.07) is 0. The predicted octanol–water partition coefficient (Wildman–Crippen LogP) is -3.29. The van der Waals surface area contributed by atoms with Crippen LogP contribution in [0.3, 0.4) is 0 Å². The molecule has 0 aromatic carbocycles. The second-order valence-corrected chi connectivity index (χ2v) is 0. The summed E-state index contributed by atoms with van der Waals surface area (Å²) in [7, 11) is 0. The summed E-state index contributed by atoms with van der Waals surface area (Å²) in [6.45, 7) is 0. The molecule has 0 aliphatic heterocycles. The summed E-state index contributed by atoms with van der Waals surface area (Å²) in [4.78, 5) is 0. The van der Waals surface area contributed by atoms with E-state index in [0.29, 0.717) is 0 Å². The molecule has 0 amide bonds. The Bertz CT molecular complexity index is 8.00. The Balaban J connectivity index is 0. The monoisotopic (exact) mass is 238 g/mol. The molecule has 0 bridgehead atoms. The van der Waals surface area contributed by atoms with Gasteiger partial charge in [-0.3, -0.25) is 0 Å². The fourth-order valence-corrected chi connectivity index (χ4v) is 0. The van der Waals surface area contributed by atoms with Gasteiger partial charge in [-0.2, -0.15) is 0 Å². The Hall–Kier alpha value is 2.79. The molecule has 0 fully saturated rings. The molecule has 0 N–H and O–H groups in total. The minimum Gasteiger partial charge on any atom is 0 e. The molecule has 0 unspecified atom stereocenters. The van der Waals surface area contributed by atoms with Gasteiger partial charge in [0, 0.05) is 19.5 Å². The first kappa shape index (κ1) is 29.2. The maximum absolute atomic E-state index is 0. The summed E-state index contributed by atoms with van der Waals surface area (Å²) >= 11 is 0. The van der Waals surface area contributed by atoms with Crippen molar-refractivity contribution in [2.75, 3.05) is 0 Å². The summed E-state index contributed by atoms with van der Waals surface area (Å²) in [6.07, 6.45) is 0. The van der Waals surface area contributed by atoms with Crippen LogP contribution >= 0.6 is 0 Å². The third-order valence-corrected chi connectivity index (χ3v) is 0. The molecule has 0 spiro atoms. The van der Waals surface area contributed by atoms with Crippen molar-refractivity contribution in [3.8, 4) is 0 Å². The van der Waals surface area contributed by atoms with Crippen LogP contribution in [-0.2, 0) is 19.5 Å². The van der Waals surface area contributed by atoms with Crippen molar-refractivity contribution in [1.82, 2.24) is 0 Å². The van der Waals surface area contributed by atoms with Crippen molar-refractivity contribution in [2.24, 2.45) is 0 Å². The van der Waals surface area contributed by atoms with E-state index in [1.54, 1.807) is 0 Å². The van der Waals surface area contributed by atoms with Crippen molar-refractivity contribution in [3.63, 3.8) is 0 Å². The quantitative estimate of drug-likeness (QED) is 0.389. The van der Waals surface area contributed by atoms with Gasteiger partial charge in [0.15, 0.2) is 17.4 Å². The molecule has 0 aromatic rings. The Morgan fingerprint density at radius 2 is 1.00 bits per heavy atom. The van der Waals surface area contributed by atoms with Gasteiger partial charge in [0.1, 0.15) is 0 Å². The van der Waals surface area contributed by atoms with E-state index in [1.165, 1.54) is 0 Å². The molecule has 0 radical (unpaired) electrons. The van der Waals surface area contributed by atoms with Crippen molar-refractivity contribution >= 4 is 66.3 Å². The minimum absolute atomic E-state index is 0. The Morgan fingerprint density at radius 1 is 1.00 bits per heavy atom. The van der Waals surface area contributed by atoms with Crippen LogP contribution in [0.2, 0.25) is 0 Å². The SMILES string of the molecule is [AlH3].[InH3].[MgH2].[Zn]. The van der Waals surface area contributed by atoms with E-state index in [4.69, 9.17) is 0 Å². The smallest absolute Gasteiger partial charge is 0 e. The van der Waals surface area contributed by atoms with Crippen molar-refractivity contribution in [1.29, 1.82) is 0 Å². The number of hydrogen-bond acceptors (Lipinski definition) is 0. The molecule has 0 aliphatic carbocycles. The van der Waals surface area contributed by atoms with E-state index in [9.17, 15) is 0 Å². The first-order valence-corrected chi connectivity index (χ1v) is 0. The summed E-state index contributed by atoms with van der Waals surface area (Å²) in [5.74, 6) is 0. The second-order valence-electron chi connectivity index (χ2n) is 0. The topological polar surface area (TPSA) is 0 Å².